The number of para-hydroxylation sites is 1. The minimum atomic E-state index is -1.66. The number of allylic oxidation sites excluding steroid dienone is 8. The van der Waals surface area contributed by atoms with Crippen molar-refractivity contribution in [1.29, 1.82) is 0 Å². The standard InChI is InChI=1S/C50H70N14O9.C5H6.Fe/c1-5-27(3)42(52)49(72)57-35-18-19-41(66)54-20-12-11-17-34(44(53)67)56-46(69)36(21-30-24-55-33-16-10-9-15-32(30)33)59-48(71)39-22-31(64-26-38(61-62-64)29-13-7-8-14-29)25-63(39)50(73)43(28(4)6-2)60-47(70)37(23-40(51)65)58-45(35)68;1-2-4-5-3-1;/h7,9-10,13-16,24,26-28,31,34-37,39,42-43,55H,5-6,8,11-12,17-23,25,52H2,1-4H3,(H2,51,65)(H2,53,67)(H,54,66)(H,56,69)(H,57,72)(H,58,68)(H,59,71)(H,60,70);1-4H,5H2;/q;;+2/t27-,28-,31-,34-,35-,36-,37-,39-,42-,43-;;/m0../s1. The fraction of sp³-hybridized carbons (Fsp3) is 0.509. The predicted molar refractivity (Wildman–Crippen MR) is 291 cm³/mol. The molecule has 2 aliphatic heterocycles. The summed E-state index contributed by atoms with van der Waals surface area (Å²) in [6, 6.07) is -2.36. The normalized spacial score (nSPS) is 24.6. The first-order valence-corrected chi connectivity index (χ1v) is 27.0. The van der Waals surface area contributed by atoms with Gasteiger partial charge in [-0.1, -0.05) is 106 Å². The van der Waals surface area contributed by atoms with Crippen LogP contribution in [0.3, 0.4) is 0 Å². The number of carbonyl (C=O) groups excluding carboxylic acids is 9. The number of hydrogen-bond acceptors (Lipinski definition) is 12. The quantitative estimate of drug-likeness (QED) is 0.108. The van der Waals surface area contributed by atoms with Gasteiger partial charge in [0.2, 0.25) is 53.2 Å². The molecule has 426 valence electrons. The van der Waals surface area contributed by atoms with Crippen LogP contribution in [0.2, 0.25) is 0 Å². The van der Waals surface area contributed by atoms with E-state index >= 15 is 4.79 Å². The van der Waals surface area contributed by atoms with E-state index in [1.165, 1.54) is 4.90 Å². The Hall–Kier alpha value is -7.43. The molecule has 1 aromatic carbocycles. The Balaban J connectivity index is 0.00000181. The van der Waals surface area contributed by atoms with Gasteiger partial charge in [0.05, 0.1) is 24.7 Å². The van der Waals surface area contributed by atoms with E-state index in [4.69, 9.17) is 17.2 Å². The van der Waals surface area contributed by atoms with Crippen molar-refractivity contribution in [3.8, 4) is 0 Å². The summed E-state index contributed by atoms with van der Waals surface area (Å²) in [6.45, 7) is 7.16. The molecular weight excluding hydrogens is 1060 g/mol. The van der Waals surface area contributed by atoms with Crippen LogP contribution in [0.1, 0.15) is 116 Å². The molecule has 4 aliphatic rings. The zero-order chi connectivity index (χ0) is 56.5. The van der Waals surface area contributed by atoms with E-state index in [0.717, 1.165) is 29.3 Å². The summed E-state index contributed by atoms with van der Waals surface area (Å²) in [5.74, 6) is -7.84. The van der Waals surface area contributed by atoms with Crippen molar-refractivity contribution in [2.45, 2.75) is 153 Å². The van der Waals surface area contributed by atoms with E-state index in [1.54, 1.807) is 37.8 Å². The average molecular weight is 1130 g/mol. The molecule has 10 atom stereocenters. The minimum Gasteiger partial charge on any atom is -0.370 e. The number of benzene rings is 1. The first-order valence-electron chi connectivity index (χ1n) is 27.0. The molecule has 2 aliphatic carbocycles. The van der Waals surface area contributed by atoms with Crippen LogP contribution in [0.5, 0.6) is 0 Å². The van der Waals surface area contributed by atoms with E-state index in [9.17, 15) is 38.4 Å². The van der Waals surface area contributed by atoms with Crippen LogP contribution in [0.4, 0.5) is 0 Å². The second kappa shape index (κ2) is 30.1. The van der Waals surface area contributed by atoms with Crippen molar-refractivity contribution in [1.82, 2.24) is 56.8 Å². The number of nitrogens with two attached hydrogens (primary N) is 3. The van der Waals surface area contributed by atoms with Gasteiger partial charge in [-0.2, -0.15) is 0 Å². The Morgan fingerprint density at radius 2 is 1.57 bits per heavy atom. The summed E-state index contributed by atoms with van der Waals surface area (Å²) < 4.78 is 1.57. The van der Waals surface area contributed by atoms with E-state index < -0.39 is 114 Å². The maximum atomic E-state index is 15.2. The van der Waals surface area contributed by atoms with E-state index in [1.807, 2.05) is 49.4 Å². The first kappa shape index (κ1) is 62.4. The molecule has 0 radical (unpaired) electrons. The van der Waals surface area contributed by atoms with Crippen LogP contribution in [-0.2, 0) is 66.6 Å². The monoisotopic (exact) mass is 1130 g/mol. The molecule has 9 amide bonds. The molecule has 3 aromatic rings. The molecule has 0 saturated carbocycles. The minimum absolute atomic E-state index is 0. The van der Waals surface area contributed by atoms with Gasteiger partial charge >= 0.3 is 17.1 Å². The topological polar surface area (TPSA) is 354 Å². The van der Waals surface area contributed by atoms with Gasteiger partial charge in [-0.25, -0.2) is 4.68 Å². The van der Waals surface area contributed by atoms with Gasteiger partial charge in [0.1, 0.15) is 41.9 Å². The zero-order valence-electron chi connectivity index (χ0n) is 45.2. The summed E-state index contributed by atoms with van der Waals surface area (Å²) in [6.07, 6.45) is 19.9. The van der Waals surface area contributed by atoms with E-state index in [0.29, 0.717) is 36.9 Å². The maximum Gasteiger partial charge on any atom is 2.00 e. The Kier molecular flexibility index (Phi) is 23.8. The Morgan fingerprint density at radius 3 is 2.23 bits per heavy atom. The number of hydrogen-bond donors (Lipinski definition) is 10. The summed E-state index contributed by atoms with van der Waals surface area (Å²) in [5, 5.41) is 25.7. The van der Waals surface area contributed by atoms with Crippen LogP contribution in [0, 0.1) is 11.8 Å². The maximum absolute atomic E-state index is 15.2. The van der Waals surface area contributed by atoms with Crippen LogP contribution < -0.4 is 49.1 Å². The van der Waals surface area contributed by atoms with E-state index in [-0.39, 0.29) is 68.2 Å². The fourth-order valence-electron chi connectivity index (χ4n) is 9.59. The van der Waals surface area contributed by atoms with E-state index in [2.05, 4.69) is 71.5 Å². The number of H-pyrrole nitrogens is 1. The molecular formula is C55H76FeN14O9+2. The van der Waals surface area contributed by atoms with Crippen LogP contribution in [0.15, 0.2) is 79.2 Å². The van der Waals surface area contributed by atoms with Crippen LogP contribution >= 0.6 is 0 Å². The third-order valence-corrected chi connectivity index (χ3v) is 14.8. The average Bonchev–Trinajstić information content (AvgIpc) is 4.34. The van der Waals surface area contributed by atoms with Gasteiger partial charge < -0.3 is 59.0 Å². The molecule has 2 saturated heterocycles. The van der Waals surface area contributed by atoms with Crippen molar-refractivity contribution in [2.24, 2.45) is 29.0 Å². The van der Waals surface area contributed by atoms with Crippen molar-refractivity contribution in [3.05, 3.63) is 90.4 Å². The molecule has 7 rings (SSSR count). The molecule has 79 heavy (non-hydrogen) atoms. The molecule has 2 aromatic heterocycles. The molecule has 0 unspecified atom stereocenters. The smallest absolute Gasteiger partial charge is 0.370 e. The summed E-state index contributed by atoms with van der Waals surface area (Å²) in [5.41, 5.74) is 20.5. The number of nitrogens with one attached hydrogen (secondary N) is 7. The third-order valence-electron chi connectivity index (χ3n) is 14.8. The van der Waals surface area contributed by atoms with Gasteiger partial charge in [0.15, 0.2) is 0 Å². The summed E-state index contributed by atoms with van der Waals surface area (Å²) in [4.78, 5) is 129. The summed E-state index contributed by atoms with van der Waals surface area (Å²) in [7, 11) is 0. The number of nitrogens with zero attached hydrogens (tertiary/aromatic N) is 4. The van der Waals surface area contributed by atoms with Crippen molar-refractivity contribution in [2.75, 3.05) is 13.1 Å². The third kappa shape index (κ3) is 17.3. The molecule has 4 heterocycles. The second-order valence-corrected chi connectivity index (χ2v) is 20.4. The largest absolute Gasteiger partial charge is 2.00 e. The number of fused-ring (bicyclic) bond motifs is 2. The fourth-order valence-corrected chi connectivity index (χ4v) is 9.59. The number of aromatic amines is 1. The van der Waals surface area contributed by atoms with Gasteiger partial charge in [-0.3, -0.25) is 43.2 Å². The number of carbonyl (C=O) groups is 9. The van der Waals surface area contributed by atoms with Gasteiger partial charge in [-0.15, -0.1) is 5.10 Å². The van der Waals surface area contributed by atoms with Gasteiger partial charge in [-0.05, 0) is 67.6 Å². The molecule has 13 N–H and O–H groups in total. The molecule has 2 fully saturated rings. The SMILES string of the molecule is C1=CCC=C1.CC[C@H](C)[C@H](N)C(=O)N[C@H]1CCC(=O)NCCCC[C@@H](C(N)=O)NC(=O)[C@H](Cc2c[nH]c3ccccc23)NC(=O)[C@@H]2C[C@H](n3cc(C4=CCC=C4)nn3)CN2C(=O)[C@H]([C@@H](C)CC)NC(=O)[C@H](CC(N)=O)NC1=O.[Fe+2]. The number of amides is 9. The Morgan fingerprint density at radius 1 is 0.848 bits per heavy atom. The molecule has 23 nitrogen and oxygen atoms in total. The van der Waals surface area contributed by atoms with Gasteiger partial charge in [0.25, 0.3) is 0 Å². The van der Waals surface area contributed by atoms with Crippen LogP contribution in [-0.4, -0.2) is 133 Å². The zero-order valence-corrected chi connectivity index (χ0v) is 46.3. The number of rotatable bonds is 13. The molecule has 24 heteroatoms. The second-order valence-electron chi connectivity index (χ2n) is 20.4. The number of primary amides is 2. The van der Waals surface area contributed by atoms with Crippen molar-refractivity contribution in [3.63, 3.8) is 0 Å². The molecule has 0 bridgehead atoms. The van der Waals surface area contributed by atoms with Crippen molar-refractivity contribution < 1.29 is 60.2 Å². The predicted octanol–water partition coefficient (Wildman–Crippen LogP) is 1.27. The van der Waals surface area contributed by atoms with Crippen molar-refractivity contribution >= 4 is 69.6 Å². The molecule has 0 spiro atoms. The first-order chi connectivity index (χ1) is 37.4. The van der Waals surface area contributed by atoms with Gasteiger partial charge in [0, 0.05) is 49.5 Å². The Labute approximate surface area is 470 Å². The summed E-state index contributed by atoms with van der Waals surface area (Å²) >= 11 is 0. The van der Waals surface area contributed by atoms with Crippen LogP contribution in [0.25, 0.3) is 16.5 Å². The number of aromatic nitrogens is 4. The Bertz CT molecular complexity index is 2780.